The number of carbonyl (C=O) groups excluding carboxylic acids is 1. The number of nitrogens with zero attached hydrogens (tertiary/aromatic N) is 1. The highest BCUT2D eigenvalue weighted by Crippen LogP contribution is 2.24. The molecule has 0 bridgehead atoms. The lowest BCUT2D eigenvalue weighted by Gasteiger charge is -2.27. The lowest BCUT2D eigenvalue weighted by atomic mass is 9.86. The van der Waals surface area contributed by atoms with Crippen LogP contribution in [-0.2, 0) is 11.3 Å². The predicted octanol–water partition coefficient (Wildman–Crippen LogP) is 1.89. The Morgan fingerprint density at radius 2 is 2.30 bits per heavy atom. The summed E-state index contributed by atoms with van der Waals surface area (Å²) in [6.07, 6.45) is 2.91. The quantitative estimate of drug-likeness (QED) is 0.791. The summed E-state index contributed by atoms with van der Waals surface area (Å²) in [5.74, 6) is -1.10. The van der Waals surface area contributed by atoms with Crippen LogP contribution in [-0.4, -0.2) is 28.1 Å². The molecule has 2 amide bonds. The maximum Gasteiger partial charge on any atom is 0.315 e. The summed E-state index contributed by atoms with van der Waals surface area (Å²) < 4.78 is 0. The number of amides is 2. The van der Waals surface area contributed by atoms with E-state index < -0.39 is 5.97 Å². The first-order chi connectivity index (χ1) is 9.56. The molecule has 110 valence electrons. The predicted molar refractivity (Wildman–Crippen MR) is 75.6 cm³/mol. The lowest BCUT2D eigenvalue weighted by molar-refractivity contribution is -0.143. The van der Waals surface area contributed by atoms with Crippen molar-refractivity contribution in [2.75, 3.05) is 0 Å². The van der Waals surface area contributed by atoms with E-state index in [-0.39, 0.29) is 18.0 Å². The van der Waals surface area contributed by atoms with Gasteiger partial charge in [-0.05, 0) is 26.2 Å². The summed E-state index contributed by atoms with van der Waals surface area (Å²) in [5, 5.41) is 14.7. The number of aliphatic carboxylic acids is 1. The molecule has 1 aromatic rings. The molecular formula is C13H19N3O3S. The van der Waals surface area contributed by atoms with Crippen LogP contribution in [0.1, 0.15) is 36.3 Å². The van der Waals surface area contributed by atoms with Gasteiger partial charge >= 0.3 is 12.0 Å². The summed E-state index contributed by atoms with van der Waals surface area (Å²) in [6, 6.07) is -0.291. The molecule has 1 aliphatic carbocycles. The molecule has 0 aliphatic heterocycles. The van der Waals surface area contributed by atoms with Crippen molar-refractivity contribution >= 4 is 23.3 Å². The van der Waals surface area contributed by atoms with Gasteiger partial charge in [-0.1, -0.05) is 6.42 Å². The van der Waals surface area contributed by atoms with E-state index in [0.29, 0.717) is 19.4 Å². The number of carboxylic acids is 1. The third kappa shape index (κ3) is 3.93. The van der Waals surface area contributed by atoms with Crippen molar-refractivity contribution in [2.45, 2.75) is 45.2 Å². The zero-order valence-corrected chi connectivity index (χ0v) is 12.2. The Morgan fingerprint density at radius 3 is 2.95 bits per heavy atom. The zero-order valence-electron chi connectivity index (χ0n) is 11.4. The molecule has 7 heteroatoms. The van der Waals surface area contributed by atoms with Crippen LogP contribution >= 0.6 is 11.3 Å². The standard InChI is InChI=1S/C13H19N3O3S/c1-8-11(20-7-15-8)6-14-13(19)16-10-4-2-3-9(5-10)12(17)18/h7,9-10H,2-6H2,1H3,(H,17,18)(H2,14,16,19). The second-order valence-corrected chi connectivity index (χ2v) is 6.03. The van der Waals surface area contributed by atoms with Crippen LogP contribution in [0, 0.1) is 12.8 Å². The topological polar surface area (TPSA) is 91.3 Å². The van der Waals surface area contributed by atoms with E-state index >= 15 is 0 Å². The minimum absolute atomic E-state index is 0.0487. The molecule has 2 atom stereocenters. The van der Waals surface area contributed by atoms with Gasteiger partial charge in [0.1, 0.15) is 0 Å². The highest BCUT2D eigenvalue weighted by molar-refractivity contribution is 7.09. The molecule has 1 fully saturated rings. The Kier molecular flexibility index (Phi) is 4.94. The molecule has 1 aliphatic rings. The SMILES string of the molecule is Cc1ncsc1CNC(=O)NC1CCCC(C(=O)O)C1. The van der Waals surface area contributed by atoms with Gasteiger partial charge in [0.2, 0.25) is 0 Å². The van der Waals surface area contributed by atoms with Crippen LogP contribution in [0.5, 0.6) is 0 Å². The first kappa shape index (κ1) is 14.8. The van der Waals surface area contributed by atoms with Gasteiger partial charge in [0, 0.05) is 10.9 Å². The highest BCUT2D eigenvalue weighted by Gasteiger charge is 2.27. The van der Waals surface area contributed by atoms with Crippen LogP contribution in [0.25, 0.3) is 0 Å². The number of hydrogen-bond donors (Lipinski definition) is 3. The minimum atomic E-state index is -0.766. The summed E-state index contributed by atoms with van der Waals surface area (Å²) in [4.78, 5) is 27.9. The van der Waals surface area contributed by atoms with E-state index in [1.54, 1.807) is 5.51 Å². The number of thiazole rings is 1. The molecule has 1 aromatic heterocycles. The van der Waals surface area contributed by atoms with Crippen molar-refractivity contribution in [1.82, 2.24) is 15.6 Å². The number of carboxylic acid groups (broad SMARTS) is 1. The average molecular weight is 297 g/mol. The molecule has 20 heavy (non-hydrogen) atoms. The number of aromatic nitrogens is 1. The number of aryl methyl sites for hydroxylation is 1. The van der Waals surface area contributed by atoms with Gasteiger partial charge in [0.15, 0.2) is 0 Å². The first-order valence-electron chi connectivity index (χ1n) is 6.72. The van der Waals surface area contributed by atoms with Gasteiger partial charge in [0.25, 0.3) is 0 Å². The van der Waals surface area contributed by atoms with Crippen molar-refractivity contribution in [1.29, 1.82) is 0 Å². The van der Waals surface area contributed by atoms with Gasteiger partial charge in [-0.15, -0.1) is 11.3 Å². The van der Waals surface area contributed by atoms with Crippen molar-refractivity contribution in [3.8, 4) is 0 Å². The van der Waals surface area contributed by atoms with E-state index in [0.717, 1.165) is 23.4 Å². The number of hydrogen-bond acceptors (Lipinski definition) is 4. The molecule has 0 saturated heterocycles. The summed E-state index contributed by atoms with van der Waals surface area (Å²) in [7, 11) is 0. The fraction of sp³-hybridized carbons (Fsp3) is 0.615. The summed E-state index contributed by atoms with van der Waals surface area (Å²) in [6.45, 7) is 2.36. The number of carbonyl (C=O) groups is 2. The normalized spacial score (nSPS) is 22.2. The molecule has 6 nitrogen and oxygen atoms in total. The van der Waals surface area contributed by atoms with Gasteiger partial charge in [-0.3, -0.25) is 4.79 Å². The van der Waals surface area contributed by atoms with E-state index in [2.05, 4.69) is 15.6 Å². The number of nitrogens with one attached hydrogen (secondary N) is 2. The van der Waals surface area contributed by atoms with Gasteiger partial charge in [0.05, 0.1) is 23.7 Å². The fourth-order valence-corrected chi connectivity index (χ4v) is 3.15. The second-order valence-electron chi connectivity index (χ2n) is 5.09. The largest absolute Gasteiger partial charge is 0.481 e. The molecule has 0 aromatic carbocycles. The molecule has 0 radical (unpaired) electrons. The third-order valence-corrected chi connectivity index (χ3v) is 4.55. The van der Waals surface area contributed by atoms with Crippen molar-refractivity contribution in [3.05, 3.63) is 16.1 Å². The smallest absolute Gasteiger partial charge is 0.315 e. The number of rotatable bonds is 4. The fourth-order valence-electron chi connectivity index (χ4n) is 2.44. The zero-order chi connectivity index (χ0) is 14.5. The molecule has 0 spiro atoms. The molecule has 2 rings (SSSR count). The monoisotopic (exact) mass is 297 g/mol. The van der Waals surface area contributed by atoms with Crippen molar-refractivity contribution in [3.63, 3.8) is 0 Å². The lowest BCUT2D eigenvalue weighted by Crippen LogP contribution is -2.44. The van der Waals surface area contributed by atoms with Gasteiger partial charge in [-0.2, -0.15) is 0 Å². The highest BCUT2D eigenvalue weighted by atomic mass is 32.1. The van der Waals surface area contributed by atoms with Crippen molar-refractivity contribution in [2.24, 2.45) is 5.92 Å². The molecule has 1 heterocycles. The summed E-state index contributed by atoms with van der Waals surface area (Å²) >= 11 is 1.51. The Hall–Kier alpha value is -1.63. The van der Waals surface area contributed by atoms with Crippen LogP contribution in [0.2, 0.25) is 0 Å². The number of urea groups is 1. The average Bonchev–Trinajstić information content (AvgIpc) is 2.82. The Labute approximate surface area is 121 Å². The van der Waals surface area contributed by atoms with Gasteiger partial charge < -0.3 is 15.7 Å². The Bertz CT molecular complexity index is 489. The van der Waals surface area contributed by atoms with Crippen LogP contribution in [0.4, 0.5) is 4.79 Å². The van der Waals surface area contributed by atoms with E-state index in [1.165, 1.54) is 11.3 Å². The molecular weight excluding hydrogens is 278 g/mol. The first-order valence-corrected chi connectivity index (χ1v) is 7.60. The van der Waals surface area contributed by atoms with Crippen LogP contribution in [0.3, 0.4) is 0 Å². The van der Waals surface area contributed by atoms with E-state index in [1.807, 2.05) is 6.92 Å². The van der Waals surface area contributed by atoms with E-state index in [4.69, 9.17) is 5.11 Å². The maximum atomic E-state index is 11.8. The van der Waals surface area contributed by atoms with Crippen molar-refractivity contribution < 1.29 is 14.7 Å². The Morgan fingerprint density at radius 1 is 1.50 bits per heavy atom. The van der Waals surface area contributed by atoms with E-state index in [9.17, 15) is 9.59 Å². The summed E-state index contributed by atoms with van der Waals surface area (Å²) in [5.41, 5.74) is 2.68. The minimum Gasteiger partial charge on any atom is -0.481 e. The second kappa shape index (κ2) is 6.69. The van der Waals surface area contributed by atoms with Crippen LogP contribution < -0.4 is 10.6 Å². The Balaban J connectivity index is 1.76. The van der Waals surface area contributed by atoms with Crippen LogP contribution in [0.15, 0.2) is 5.51 Å². The molecule has 3 N–H and O–H groups in total. The molecule has 2 unspecified atom stereocenters. The third-order valence-electron chi connectivity index (χ3n) is 3.61. The maximum absolute atomic E-state index is 11.8. The molecule has 1 saturated carbocycles. The van der Waals surface area contributed by atoms with Gasteiger partial charge in [-0.25, -0.2) is 9.78 Å².